The molecule has 0 spiro atoms. The summed E-state index contributed by atoms with van der Waals surface area (Å²) in [5.41, 5.74) is 1.08. The topological polar surface area (TPSA) is 55.4 Å². The molecule has 0 aliphatic carbocycles. The number of benzene rings is 1. The fourth-order valence-corrected chi connectivity index (χ4v) is 2.67. The van der Waals surface area contributed by atoms with Crippen LogP contribution in [0.15, 0.2) is 36.4 Å². The molecule has 0 fully saturated rings. The third-order valence-electron chi connectivity index (χ3n) is 3.03. The van der Waals surface area contributed by atoms with Crippen LogP contribution in [0, 0.1) is 6.92 Å². The lowest BCUT2D eigenvalue weighted by Gasteiger charge is -2.05. The van der Waals surface area contributed by atoms with Crippen molar-refractivity contribution in [1.82, 2.24) is 5.32 Å². The average Bonchev–Trinajstić information content (AvgIpc) is 2.93. The van der Waals surface area contributed by atoms with Crippen LogP contribution in [0.25, 0.3) is 0 Å². The summed E-state index contributed by atoms with van der Waals surface area (Å²) in [7, 11) is 1.62. The molecule has 2 rings (SSSR count). The number of hydrogen-bond acceptors (Lipinski definition) is 4. The fourth-order valence-electron chi connectivity index (χ4n) is 1.86. The maximum absolute atomic E-state index is 11.9. The summed E-state index contributed by atoms with van der Waals surface area (Å²) in [6.07, 6.45) is 0.673. The van der Waals surface area contributed by atoms with E-state index in [0.29, 0.717) is 17.8 Å². The number of nitrogens with one attached hydrogen (secondary N) is 1. The molecule has 1 aromatic heterocycles. The number of aryl methyl sites for hydroxylation is 1. The molecular formula is C16H17NO3S. The standard InChI is InChI=1S/C16H17NO3S/c1-11-3-8-14(21-11)15(18)16(19)17-10-9-12-4-6-13(20-2)7-5-12/h3-8H,9-10H2,1-2H3,(H,17,19). The van der Waals surface area contributed by atoms with Gasteiger partial charge in [0.15, 0.2) is 0 Å². The zero-order valence-corrected chi connectivity index (χ0v) is 12.8. The SMILES string of the molecule is COc1ccc(CCNC(=O)C(=O)c2ccc(C)s2)cc1. The van der Waals surface area contributed by atoms with Gasteiger partial charge in [-0.05, 0) is 43.2 Å². The Bertz CT molecular complexity index is 631. The van der Waals surface area contributed by atoms with Gasteiger partial charge in [-0.2, -0.15) is 0 Å². The van der Waals surface area contributed by atoms with Crippen LogP contribution in [0.2, 0.25) is 0 Å². The van der Waals surface area contributed by atoms with E-state index in [0.717, 1.165) is 16.2 Å². The second-order valence-corrected chi connectivity index (χ2v) is 5.88. The van der Waals surface area contributed by atoms with Gasteiger partial charge in [-0.1, -0.05) is 12.1 Å². The Balaban J connectivity index is 1.82. The molecule has 0 radical (unpaired) electrons. The molecule has 0 saturated heterocycles. The highest BCUT2D eigenvalue weighted by Gasteiger charge is 2.17. The van der Waals surface area contributed by atoms with Crippen LogP contribution in [-0.4, -0.2) is 25.3 Å². The lowest BCUT2D eigenvalue weighted by atomic mass is 10.1. The molecule has 0 atom stereocenters. The second-order valence-electron chi connectivity index (χ2n) is 4.59. The van der Waals surface area contributed by atoms with Crippen molar-refractivity contribution in [3.05, 3.63) is 51.7 Å². The van der Waals surface area contributed by atoms with E-state index in [1.807, 2.05) is 37.3 Å². The van der Waals surface area contributed by atoms with E-state index in [1.165, 1.54) is 11.3 Å². The Morgan fingerprint density at radius 3 is 2.43 bits per heavy atom. The van der Waals surface area contributed by atoms with Crippen molar-refractivity contribution in [3.8, 4) is 5.75 Å². The Kier molecular flexibility index (Phi) is 5.11. The van der Waals surface area contributed by atoms with Gasteiger partial charge in [0.05, 0.1) is 12.0 Å². The molecule has 1 heterocycles. The predicted octanol–water partition coefficient (Wildman–Crippen LogP) is 2.61. The summed E-state index contributed by atoms with van der Waals surface area (Å²) in [6.45, 7) is 2.34. The number of hydrogen-bond donors (Lipinski definition) is 1. The van der Waals surface area contributed by atoms with Crippen LogP contribution in [0.3, 0.4) is 0 Å². The molecule has 0 bridgehead atoms. The average molecular weight is 303 g/mol. The number of methoxy groups -OCH3 is 1. The van der Waals surface area contributed by atoms with Crippen molar-refractivity contribution in [2.24, 2.45) is 0 Å². The first-order chi connectivity index (χ1) is 10.1. The number of thiophene rings is 1. The molecule has 1 aromatic carbocycles. The molecule has 5 heteroatoms. The monoisotopic (exact) mass is 303 g/mol. The van der Waals surface area contributed by atoms with Crippen molar-refractivity contribution < 1.29 is 14.3 Å². The van der Waals surface area contributed by atoms with Crippen LogP contribution in [-0.2, 0) is 11.2 Å². The van der Waals surface area contributed by atoms with Gasteiger partial charge in [-0.25, -0.2) is 0 Å². The fraction of sp³-hybridized carbons (Fsp3) is 0.250. The Morgan fingerprint density at radius 2 is 1.86 bits per heavy atom. The number of ether oxygens (including phenoxy) is 1. The first-order valence-electron chi connectivity index (χ1n) is 6.62. The minimum atomic E-state index is -0.551. The van der Waals surface area contributed by atoms with Crippen molar-refractivity contribution in [1.29, 1.82) is 0 Å². The number of Topliss-reactive ketones (excluding diaryl/α,β-unsaturated/α-hetero) is 1. The highest BCUT2D eigenvalue weighted by atomic mass is 32.1. The van der Waals surface area contributed by atoms with Crippen molar-refractivity contribution in [3.63, 3.8) is 0 Å². The molecule has 0 saturated carbocycles. The number of carbonyl (C=O) groups is 2. The Hall–Kier alpha value is -2.14. The largest absolute Gasteiger partial charge is 0.497 e. The van der Waals surface area contributed by atoms with E-state index >= 15 is 0 Å². The molecule has 1 N–H and O–H groups in total. The van der Waals surface area contributed by atoms with E-state index in [-0.39, 0.29) is 0 Å². The second kappa shape index (κ2) is 7.04. The zero-order chi connectivity index (χ0) is 15.2. The summed E-state index contributed by atoms with van der Waals surface area (Å²) < 4.78 is 5.08. The van der Waals surface area contributed by atoms with Crippen LogP contribution in [0.4, 0.5) is 0 Å². The molecule has 1 amide bonds. The van der Waals surface area contributed by atoms with Gasteiger partial charge in [0.2, 0.25) is 0 Å². The Morgan fingerprint density at radius 1 is 1.14 bits per heavy atom. The van der Waals surface area contributed by atoms with Gasteiger partial charge in [0.1, 0.15) is 5.75 Å². The number of rotatable bonds is 6. The highest BCUT2D eigenvalue weighted by molar-refractivity contribution is 7.14. The van der Waals surface area contributed by atoms with Crippen molar-refractivity contribution in [2.45, 2.75) is 13.3 Å². The Labute approximate surface area is 127 Å². The van der Waals surface area contributed by atoms with Crippen LogP contribution >= 0.6 is 11.3 Å². The van der Waals surface area contributed by atoms with Crippen LogP contribution < -0.4 is 10.1 Å². The summed E-state index contributed by atoms with van der Waals surface area (Å²) in [6, 6.07) is 11.1. The molecular weight excluding hydrogens is 286 g/mol. The van der Waals surface area contributed by atoms with E-state index in [2.05, 4.69) is 5.32 Å². The van der Waals surface area contributed by atoms with Gasteiger partial charge in [-0.15, -0.1) is 11.3 Å². The van der Waals surface area contributed by atoms with E-state index in [4.69, 9.17) is 4.74 Å². The zero-order valence-electron chi connectivity index (χ0n) is 12.0. The van der Waals surface area contributed by atoms with Crippen molar-refractivity contribution in [2.75, 3.05) is 13.7 Å². The summed E-state index contributed by atoms with van der Waals surface area (Å²) >= 11 is 1.33. The van der Waals surface area contributed by atoms with Crippen LogP contribution in [0.1, 0.15) is 20.1 Å². The summed E-state index contributed by atoms with van der Waals surface area (Å²) in [4.78, 5) is 25.1. The maximum Gasteiger partial charge on any atom is 0.293 e. The minimum Gasteiger partial charge on any atom is -0.497 e. The lowest BCUT2D eigenvalue weighted by molar-refractivity contribution is -0.116. The number of amides is 1. The van der Waals surface area contributed by atoms with Gasteiger partial charge in [0, 0.05) is 11.4 Å². The molecule has 0 unspecified atom stereocenters. The highest BCUT2D eigenvalue weighted by Crippen LogP contribution is 2.15. The normalized spacial score (nSPS) is 10.2. The molecule has 0 aliphatic rings. The first kappa shape index (κ1) is 15.3. The molecule has 4 nitrogen and oxygen atoms in total. The first-order valence-corrected chi connectivity index (χ1v) is 7.43. The van der Waals surface area contributed by atoms with E-state index in [9.17, 15) is 9.59 Å². The predicted molar refractivity (Wildman–Crippen MR) is 83.1 cm³/mol. The van der Waals surface area contributed by atoms with E-state index in [1.54, 1.807) is 13.2 Å². The quantitative estimate of drug-likeness (QED) is 0.659. The lowest BCUT2D eigenvalue weighted by Crippen LogP contribution is -2.32. The number of ketones is 1. The van der Waals surface area contributed by atoms with E-state index < -0.39 is 11.7 Å². The summed E-state index contributed by atoms with van der Waals surface area (Å²) in [5, 5.41) is 2.65. The minimum absolute atomic E-state index is 0.432. The van der Waals surface area contributed by atoms with Crippen LogP contribution in [0.5, 0.6) is 5.75 Å². The van der Waals surface area contributed by atoms with Gasteiger partial charge in [0.25, 0.3) is 11.7 Å². The molecule has 21 heavy (non-hydrogen) atoms. The van der Waals surface area contributed by atoms with Gasteiger partial charge < -0.3 is 10.1 Å². The third-order valence-corrected chi connectivity index (χ3v) is 4.03. The third kappa shape index (κ3) is 4.16. The van der Waals surface area contributed by atoms with Gasteiger partial charge >= 0.3 is 0 Å². The summed E-state index contributed by atoms with van der Waals surface area (Å²) in [5.74, 6) is -0.223. The molecule has 0 aliphatic heterocycles. The maximum atomic E-state index is 11.9. The molecule has 110 valence electrons. The molecule has 2 aromatic rings. The van der Waals surface area contributed by atoms with Crippen molar-refractivity contribution >= 4 is 23.0 Å². The smallest absolute Gasteiger partial charge is 0.293 e. The van der Waals surface area contributed by atoms with Gasteiger partial charge in [-0.3, -0.25) is 9.59 Å². The number of carbonyl (C=O) groups excluding carboxylic acids is 2.